The van der Waals surface area contributed by atoms with Gasteiger partial charge in [0.2, 0.25) is 0 Å². The van der Waals surface area contributed by atoms with Gasteiger partial charge >= 0.3 is 0 Å². The second kappa shape index (κ2) is 25.2. The zero-order valence-electron chi connectivity index (χ0n) is 41.4. The minimum atomic E-state index is 0.389. The van der Waals surface area contributed by atoms with E-state index in [1.807, 2.05) is 79.7 Å². The number of hydrogen-bond acceptors (Lipinski definition) is 5. The molecule has 0 saturated carbocycles. The Morgan fingerprint density at radius 2 is 0.589 bits per heavy atom. The smallest absolute Gasteiger partial charge is 0.119 e. The monoisotopic (exact) mass is 953 g/mol. The Hall–Kier alpha value is -9.06. The lowest BCUT2D eigenvalue weighted by Crippen LogP contribution is -1.99. The molecule has 5 heteroatoms. The summed E-state index contributed by atoms with van der Waals surface area (Å²) in [4.78, 5) is 0. The first kappa shape index (κ1) is 48.9. The van der Waals surface area contributed by atoms with Crippen molar-refractivity contribution in [2.45, 2.75) is 13.8 Å². The van der Waals surface area contributed by atoms with Crippen LogP contribution in [0.1, 0.15) is 57.0 Å². The van der Waals surface area contributed by atoms with Crippen molar-refractivity contribution in [3.8, 4) is 23.0 Å². The number of hydrogen-bond donors (Lipinski definition) is 1. The molecular weight excluding hydrogens is 895 g/mol. The molecule has 9 aromatic carbocycles. The van der Waals surface area contributed by atoms with Gasteiger partial charge in [-0.1, -0.05) is 188 Å². The highest BCUT2D eigenvalue weighted by Crippen LogP contribution is 2.31. The Balaban J connectivity index is 0.853. The van der Waals surface area contributed by atoms with E-state index < -0.39 is 0 Å². The van der Waals surface area contributed by atoms with E-state index in [0.717, 1.165) is 95.5 Å². The highest BCUT2D eigenvalue weighted by atomic mass is 16.5. The fraction of sp³-hybridized carbons (Fsp3) is 0.0882. The number of anilines is 1. The summed E-state index contributed by atoms with van der Waals surface area (Å²) in [5.41, 5.74) is 15.4. The zero-order valence-corrected chi connectivity index (χ0v) is 41.4. The number of nitrogens with one attached hydrogen (secondary N) is 1. The number of benzene rings is 9. The second-order valence-electron chi connectivity index (χ2n) is 17.3. The van der Waals surface area contributed by atoms with Gasteiger partial charge in [0, 0.05) is 17.5 Å². The molecule has 0 aliphatic carbocycles. The molecule has 0 unspecified atom stereocenters. The molecule has 0 bridgehead atoms. The van der Waals surface area contributed by atoms with Gasteiger partial charge in [0.1, 0.15) is 42.8 Å². The predicted octanol–water partition coefficient (Wildman–Crippen LogP) is 16.4. The molecule has 0 amide bonds. The van der Waals surface area contributed by atoms with Gasteiger partial charge in [-0.2, -0.15) is 0 Å². The summed E-state index contributed by atoms with van der Waals surface area (Å²) in [7, 11) is 0. The van der Waals surface area contributed by atoms with Crippen molar-refractivity contribution in [2.24, 2.45) is 0 Å². The van der Waals surface area contributed by atoms with Crippen LogP contribution in [0.4, 0.5) is 5.69 Å². The molecule has 0 aliphatic rings. The van der Waals surface area contributed by atoms with E-state index in [-0.39, 0.29) is 0 Å². The van der Waals surface area contributed by atoms with Crippen LogP contribution in [-0.4, -0.2) is 26.4 Å². The second-order valence-corrected chi connectivity index (χ2v) is 17.3. The number of aryl methyl sites for hydroxylation is 1. The van der Waals surface area contributed by atoms with Gasteiger partial charge in [-0.15, -0.1) is 0 Å². The van der Waals surface area contributed by atoms with Gasteiger partial charge in [0.15, 0.2) is 0 Å². The van der Waals surface area contributed by atoms with E-state index in [1.54, 1.807) is 0 Å². The highest BCUT2D eigenvalue weighted by Gasteiger charge is 2.11. The molecule has 0 aliphatic heterocycles. The highest BCUT2D eigenvalue weighted by molar-refractivity contribution is 5.83. The normalized spacial score (nSPS) is 12.0. The van der Waals surface area contributed by atoms with Gasteiger partial charge in [0.25, 0.3) is 0 Å². The Bertz CT molecular complexity index is 3240. The topological polar surface area (TPSA) is 49.0 Å². The SMILES string of the molecule is CCOc1ccc(/C(=C\COc2ccc(/C(=C\COc3ccc(/C(=C\COc4ccc(C(=CNc5ccc(C)cc5)c5ccccc5)cc4)c4ccccc4)cc3)c3ccccc3)cc2)c2ccccc2)cc1. The van der Waals surface area contributed by atoms with E-state index in [1.165, 1.54) is 5.56 Å². The van der Waals surface area contributed by atoms with Crippen molar-refractivity contribution in [1.82, 2.24) is 0 Å². The molecule has 0 spiro atoms. The van der Waals surface area contributed by atoms with Gasteiger partial charge in [-0.25, -0.2) is 0 Å². The van der Waals surface area contributed by atoms with E-state index >= 15 is 0 Å². The molecule has 0 atom stereocenters. The van der Waals surface area contributed by atoms with Crippen molar-refractivity contribution in [2.75, 3.05) is 31.7 Å². The first-order chi connectivity index (χ1) is 36.1. The van der Waals surface area contributed by atoms with Crippen LogP contribution in [0, 0.1) is 6.92 Å². The maximum absolute atomic E-state index is 6.38. The largest absolute Gasteiger partial charge is 0.494 e. The molecule has 1 N–H and O–H groups in total. The Kier molecular flexibility index (Phi) is 16.9. The van der Waals surface area contributed by atoms with Crippen LogP contribution in [0.3, 0.4) is 0 Å². The van der Waals surface area contributed by atoms with Gasteiger partial charge in [-0.3, -0.25) is 0 Å². The molecule has 0 fully saturated rings. The van der Waals surface area contributed by atoms with Crippen molar-refractivity contribution in [1.29, 1.82) is 0 Å². The minimum absolute atomic E-state index is 0.389. The van der Waals surface area contributed by atoms with Crippen LogP contribution in [0.2, 0.25) is 0 Å². The fourth-order valence-corrected chi connectivity index (χ4v) is 8.57. The first-order valence-corrected chi connectivity index (χ1v) is 24.8. The molecule has 0 aromatic heterocycles. The van der Waals surface area contributed by atoms with Crippen LogP contribution < -0.4 is 24.3 Å². The fourth-order valence-electron chi connectivity index (χ4n) is 8.57. The average molecular weight is 954 g/mol. The van der Waals surface area contributed by atoms with Crippen LogP contribution in [-0.2, 0) is 0 Å². The van der Waals surface area contributed by atoms with E-state index in [4.69, 9.17) is 18.9 Å². The third kappa shape index (κ3) is 13.6. The van der Waals surface area contributed by atoms with Crippen molar-refractivity contribution in [3.63, 3.8) is 0 Å². The lowest BCUT2D eigenvalue weighted by molar-refractivity contribution is 0.340. The molecule has 9 rings (SSSR count). The summed E-state index contributed by atoms with van der Waals surface area (Å²) in [6, 6.07) is 83.2. The van der Waals surface area contributed by atoms with E-state index in [9.17, 15) is 0 Å². The van der Waals surface area contributed by atoms with Crippen LogP contribution in [0.5, 0.6) is 23.0 Å². The molecule has 5 nitrogen and oxygen atoms in total. The third-order valence-corrected chi connectivity index (χ3v) is 12.4. The summed E-state index contributed by atoms with van der Waals surface area (Å²) in [6.07, 6.45) is 8.50. The zero-order chi connectivity index (χ0) is 49.9. The van der Waals surface area contributed by atoms with Crippen molar-refractivity contribution < 1.29 is 18.9 Å². The average Bonchev–Trinajstić information content (AvgIpc) is 3.45. The van der Waals surface area contributed by atoms with Crippen LogP contribution >= 0.6 is 0 Å². The maximum Gasteiger partial charge on any atom is 0.119 e. The molecule has 9 aromatic rings. The quantitative estimate of drug-likeness (QED) is 0.0778. The van der Waals surface area contributed by atoms with Gasteiger partial charge in [-0.05, 0) is 154 Å². The Morgan fingerprint density at radius 3 is 0.904 bits per heavy atom. The molecule has 360 valence electrons. The lowest BCUT2D eigenvalue weighted by Gasteiger charge is -2.13. The van der Waals surface area contributed by atoms with Crippen LogP contribution in [0.25, 0.3) is 22.3 Å². The summed E-state index contributed by atoms with van der Waals surface area (Å²) in [5, 5.41) is 3.49. The molecule has 0 saturated heterocycles. The third-order valence-electron chi connectivity index (χ3n) is 12.4. The van der Waals surface area contributed by atoms with Gasteiger partial charge < -0.3 is 24.3 Å². The molecule has 73 heavy (non-hydrogen) atoms. The molecule has 0 radical (unpaired) electrons. The predicted molar refractivity (Wildman–Crippen MR) is 302 cm³/mol. The van der Waals surface area contributed by atoms with Crippen molar-refractivity contribution >= 4 is 28.0 Å². The number of ether oxygens (including phenoxy) is 4. The van der Waals surface area contributed by atoms with Crippen molar-refractivity contribution in [3.05, 3.63) is 317 Å². The van der Waals surface area contributed by atoms with E-state index in [2.05, 4.69) is 207 Å². The molecule has 0 heterocycles. The minimum Gasteiger partial charge on any atom is -0.494 e. The van der Waals surface area contributed by atoms with E-state index in [0.29, 0.717) is 26.4 Å². The summed E-state index contributed by atoms with van der Waals surface area (Å²) < 4.78 is 24.7. The van der Waals surface area contributed by atoms with Gasteiger partial charge in [0.05, 0.1) is 6.61 Å². The Morgan fingerprint density at radius 1 is 0.315 bits per heavy atom. The summed E-state index contributed by atoms with van der Waals surface area (Å²) >= 11 is 0. The maximum atomic E-state index is 6.38. The standard InChI is InChI=1S/C68H59NO4/c1-3-70-61-36-26-56(27-37-61)65(52-16-8-4-9-17-52)44-47-71-62-38-28-57(29-39-62)66(53-18-10-5-11-19-53)45-48-72-63-40-30-58(31-41-63)67(54-20-12-6-13-21-54)46-49-73-64-42-32-59(33-43-64)68(55-22-14-7-15-23-55)50-69-60-34-24-51(2)25-35-60/h4-46,50,69H,3,47-49H2,1-2H3/b65-44-,66-45-,67-46-,68-50?. The molecular formula is C68H59NO4. The Labute approximate surface area is 430 Å². The summed E-state index contributed by atoms with van der Waals surface area (Å²) in [5.74, 6) is 3.23. The first-order valence-electron chi connectivity index (χ1n) is 24.8. The lowest BCUT2D eigenvalue weighted by atomic mass is 9.97. The number of rotatable bonds is 21. The van der Waals surface area contributed by atoms with Crippen LogP contribution in [0.15, 0.2) is 267 Å². The summed E-state index contributed by atoms with van der Waals surface area (Å²) in [6.45, 7) is 5.93.